The van der Waals surface area contributed by atoms with E-state index in [2.05, 4.69) is 5.32 Å². The average Bonchev–Trinajstić information content (AvgIpc) is 2.52. The fourth-order valence-corrected chi connectivity index (χ4v) is 2.25. The van der Waals surface area contributed by atoms with Crippen molar-refractivity contribution < 1.29 is 23.8 Å². The van der Waals surface area contributed by atoms with E-state index >= 15 is 0 Å². The minimum absolute atomic E-state index is 0.0380. The summed E-state index contributed by atoms with van der Waals surface area (Å²) in [5, 5.41) is 2.68. The van der Waals surface area contributed by atoms with Crippen LogP contribution < -0.4 is 19.5 Å². The summed E-state index contributed by atoms with van der Waals surface area (Å²) in [6, 6.07) is 3.24. The highest BCUT2D eigenvalue weighted by atomic mass is 16.5. The Hall–Kier alpha value is -2.44. The maximum absolute atomic E-state index is 12.6. The fourth-order valence-electron chi connectivity index (χ4n) is 2.25. The maximum Gasteiger partial charge on any atom is 0.258 e. The number of benzene rings is 1. The van der Waals surface area contributed by atoms with Gasteiger partial charge in [-0.3, -0.25) is 9.59 Å². The van der Waals surface area contributed by atoms with Gasteiger partial charge in [0.15, 0.2) is 11.5 Å². The molecule has 1 fully saturated rings. The van der Waals surface area contributed by atoms with E-state index in [1.807, 2.05) is 0 Å². The van der Waals surface area contributed by atoms with Crippen LogP contribution in [0.15, 0.2) is 12.1 Å². The van der Waals surface area contributed by atoms with Crippen LogP contribution in [0.2, 0.25) is 0 Å². The van der Waals surface area contributed by atoms with Crippen molar-refractivity contribution in [3.63, 3.8) is 0 Å². The number of rotatable bonds is 4. The lowest BCUT2D eigenvalue weighted by molar-refractivity contribution is -0.123. The van der Waals surface area contributed by atoms with Gasteiger partial charge in [-0.2, -0.15) is 0 Å². The molecule has 2 amide bonds. The van der Waals surface area contributed by atoms with E-state index in [9.17, 15) is 9.59 Å². The second-order valence-corrected chi connectivity index (χ2v) is 4.46. The summed E-state index contributed by atoms with van der Waals surface area (Å²) in [6.45, 7) is 0.943. The van der Waals surface area contributed by atoms with Crippen LogP contribution in [0.4, 0.5) is 0 Å². The molecule has 0 unspecified atom stereocenters. The molecule has 0 aromatic heterocycles. The number of piperazine rings is 1. The van der Waals surface area contributed by atoms with Crippen molar-refractivity contribution in [1.82, 2.24) is 10.2 Å². The number of ether oxygens (including phenoxy) is 3. The summed E-state index contributed by atoms with van der Waals surface area (Å²) in [5.41, 5.74) is 0.338. The lowest BCUT2D eigenvalue weighted by Crippen LogP contribution is -2.50. The monoisotopic (exact) mass is 294 g/mol. The third-order valence-corrected chi connectivity index (χ3v) is 3.26. The van der Waals surface area contributed by atoms with E-state index in [0.29, 0.717) is 35.9 Å². The van der Waals surface area contributed by atoms with E-state index < -0.39 is 0 Å². The Bertz CT molecular complexity index is 559. The molecule has 0 bridgehead atoms. The first kappa shape index (κ1) is 15.0. The Morgan fingerprint density at radius 1 is 1.14 bits per heavy atom. The Morgan fingerprint density at radius 2 is 1.86 bits per heavy atom. The highest BCUT2D eigenvalue weighted by molar-refractivity contribution is 6.00. The summed E-state index contributed by atoms with van der Waals surface area (Å²) < 4.78 is 15.7. The van der Waals surface area contributed by atoms with Gasteiger partial charge in [0, 0.05) is 13.1 Å². The predicted molar refractivity (Wildman–Crippen MR) is 75.0 cm³/mol. The molecule has 1 aliphatic heterocycles. The number of nitrogens with zero attached hydrogens (tertiary/aromatic N) is 1. The van der Waals surface area contributed by atoms with Crippen molar-refractivity contribution in [2.75, 3.05) is 41.0 Å². The largest absolute Gasteiger partial charge is 0.493 e. The van der Waals surface area contributed by atoms with Gasteiger partial charge in [-0.25, -0.2) is 0 Å². The molecule has 7 heteroatoms. The molecule has 0 aliphatic carbocycles. The van der Waals surface area contributed by atoms with Crippen molar-refractivity contribution in [1.29, 1.82) is 0 Å². The van der Waals surface area contributed by atoms with Crippen molar-refractivity contribution in [3.05, 3.63) is 17.7 Å². The molecule has 2 rings (SSSR count). The molecule has 1 aliphatic rings. The van der Waals surface area contributed by atoms with Crippen LogP contribution in [0.1, 0.15) is 10.4 Å². The Balaban J connectivity index is 2.38. The van der Waals surface area contributed by atoms with Crippen LogP contribution in [-0.4, -0.2) is 57.7 Å². The molecule has 1 N–H and O–H groups in total. The minimum Gasteiger partial charge on any atom is -0.493 e. The first-order chi connectivity index (χ1) is 10.1. The summed E-state index contributed by atoms with van der Waals surface area (Å²) >= 11 is 0. The lowest BCUT2D eigenvalue weighted by Gasteiger charge is -2.27. The van der Waals surface area contributed by atoms with Crippen molar-refractivity contribution in [2.45, 2.75) is 0 Å². The highest BCUT2D eigenvalue weighted by Crippen LogP contribution is 2.40. The molecule has 21 heavy (non-hydrogen) atoms. The molecule has 1 saturated heterocycles. The van der Waals surface area contributed by atoms with Crippen LogP contribution in [-0.2, 0) is 4.79 Å². The molecule has 114 valence electrons. The zero-order valence-corrected chi connectivity index (χ0v) is 12.3. The molecule has 0 atom stereocenters. The molecule has 1 aromatic carbocycles. The van der Waals surface area contributed by atoms with Crippen LogP contribution in [0.5, 0.6) is 17.2 Å². The van der Waals surface area contributed by atoms with E-state index in [-0.39, 0.29) is 18.4 Å². The topological polar surface area (TPSA) is 77.1 Å². The number of carbonyl (C=O) groups is 2. The van der Waals surface area contributed by atoms with Gasteiger partial charge in [0.25, 0.3) is 5.91 Å². The van der Waals surface area contributed by atoms with Crippen LogP contribution in [0.3, 0.4) is 0 Å². The molecule has 0 saturated carbocycles. The third kappa shape index (κ3) is 2.86. The van der Waals surface area contributed by atoms with Crippen molar-refractivity contribution in [2.24, 2.45) is 0 Å². The van der Waals surface area contributed by atoms with Gasteiger partial charge < -0.3 is 24.4 Å². The number of nitrogens with one attached hydrogen (secondary N) is 1. The highest BCUT2D eigenvalue weighted by Gasteiger charge is 2.27. The van der Waals surface area contributed by atoms with Gasteiger partial charge >= 0.3 is 0 Å². The number of carbonyl (C=O) groups excluding carboxylic acids is 2. The molecular formula is C14H18N2O5. The van der Waals surface area contributed by atoms with Gasteiger partial charge in [0.1, 0.15) is 0 Å². The number of amides is 2. The Labute approximate surface area is 122 Å². The minimum atomic E-state index is -0.275. The lowest BCUT2D eigenvalue weighted by atomic mass is 10.1. The summed E-state index contributed by atoms with van der Waals surface area (Å²) in [6.07, 6.45) is 0. The van der Waals surface area contributed by atoms with Crippen LogP contribution in [0.25, 0.3) is 0 Å². The number of hydrogen-bond donors (Lipinski definition) is 1. The molecule has 1 heterocycles. The van der Waals surface area contributed by atoms with E-state index in [1.54, 1.807) is 12.1 Å². The van der Waals surface area contributed by atoms with E-state index in [4.69, 9.17) is 14.2 Å². The van der Waals surface area contributed by atoms with Gasteiger partial charge in [-0.15, -0.1) is 0 Å². The predicted octanol–water partition coefficient (Wildman–Crippen LogP) is 0.284. The molecule has 0 spiro atoms. The smallest absolute Gasteiger partial charge is 0.258 e. The molecule has 1 aromatic rings. The van der Waals surface area contributed by atoms with E-state index in [1.165, 1.54) is 26.2 Å². The fraction of sp³-hybridized carbons (Fsp3) is 0.429. The third-order valence-electron chi connectivity index (χ3n) is 3.26. The standard InChI is InChI=1S/C14H18N2O5/c1-19-10-5-4-9(12(20-2)13(10)21-3)14(18)16-7-6-15-11(17)8-16/h4-5H,6-8H2,1-3H3,(H,15,17). The van der Waals surface area contributed by atoms with E-state index in [0.717, 1.165) is 0 Å². The first-order valence-electron chi connectivity index (χ1n) is 6.47. The maximum atomic E-state index is 12.6. The number of hydrogen-bond acceptors (Lipinski definition) is 5. The van der Waals surface area contributed by atoms with Gasteiger partial charge in [-0.05, 0) is 12.1 Å². The van der Waals surface area contributed by atoms with Crippen molar-refractivity contribution in [3.8, 4) is 17.2 Å². The summed E-state index contributed by atoms with van der Waals surface area (Å²) in [4.78, 5) is 25.4. The SMILES string of the molecule is COc1ccc(C(=O)N2CCNC(=O)C2)c(OC)c1OC. The zero-order valence-electron chi connectivity index (χ0n) is 12.3. The normalized spacial score (nSPS) is 14.4. The van der Waals surface area contributed by atoms with Gasteiger partial charge in [0.2, 0.25) is 11.7 Å². The summed E-state index contributed by atoms with van der Waals surface area (Å²) in [5.74, 6) is 0.680. The van der Waals surface area contributed by atoms with Crippen LogP contribution in [0, 0.1) is 0 Å². The number of methoxy groups -OCH3 is 3. The van der Waals surface area contributed by atoms with Crippen molar-refractivity contribution >= 4 is 11.8 Å². The first-order valence-corrected chi connectivity index (χ1v) is 6.47. The second-order valence-electron chi connectivity index (χ2n) is 4.46. The second kappa shape index (κ2) is 6.34. The van der Waals surface area contributed by atoms with Crippen LogP contribution >= 0.6 is 0 Å². The zero-order chi connectivity index (χ0) is 15.4. The Morgan fingerprint density at radius 3 is 2.43 bits per heavy atom. The quantitative estimate of drug-likeness (QED) is 0.863. The van der Waals surface area contributed by atoms with Gasteiger partial charge in [-0.1, -0.05) is 0 Å². The van der Waals surface area contributed by atoms with Gasteiger partial charge in [0.05, 0.1) is 33.4 Å². The molecular weight excluding hydrogens is 276 g/mol. The molecule has 0 radical (unpaired) electrons. The Kier molecular flexibility index (Phi) is 4.52. The summed E-state index contributed by atoms with van der Waals surface area (Å²) in [7, 11) is 4.44. The molecule has 7 nitrogen and oxygen atoms in total. The average molecular weight is 294 g/mol.